The summed E-state index contributed by atoms with van der Waals surface area (Å²) in [6.45, 7) is 6.49. The first-order chi connectivity index (χ1) is 17.5. The maximum atomic E-state index is 13.8. The Kier molecular flexibility index (Phi) is 9.67. The molecule has 3 rings (SSSR count). The Balaban J connectivity index is 1.95. The van der Waals surface area contributed by atoms with Gasteiger partial charge in [-0.15, -0.1) is 0 Å². The third-order valence-corrected chi connectivity index (χ3v) is 7.37. The predicted molar refractivity (Wildman–Crippen MR) is 144 cm³/mol. The van der Waals surface area contributed by atoms with Crippen molar-refractivity contribution in [3.63, 3.8) is 0 Å². The number of halogens is 1. The molecular formula is C26H34ClN3O6S. The van der Waals surface area contributed by atoms with E-state index in [1.807, 2.05) is 20.8 Å². The third-order valence-electron chi connectivity index (χ3n) is 5.86. The zero-order chi connectivity index (χ0) is 27.2. The Hall–Kier alpha value is -2.98. The van der Waals surface area contributed by atoms with Crippen LogP contribution in [0.3, 0.4) is 0 Å². The normalized spacial score (nSPS) is 13.7. The van der Waals surface area contributed by atoms with Crippen molar-refractivity contribution in [1.29, 1.82) is 0 Å². The number of sulfonamides is 1. The Labute approximate surface area is 223 Å². The molecule has 37 heavy (non-hydrogen) atoms. The van der Waals surface area contributed by atoms with Crippen LogP contribution in [0.2, 0.25) is 5.02 Å². The summed E-state index contributed by atoms with van der Waals surface area (Å²) in [4.78, 5) is 28.3. The lowest BCUT2D eigenvalue weighted by molar-refractivity contribution is -0.140. The molecule has 0 spiro atoms. The van der Waals surface area contributed by atoms with Gasteiger partial charge in [0.2, 0.25) is 21.8 Å². The number of hydrogen-bond donors (Lipinski definition) is 1. The van der Waals surface area contributed by atoms with E-state index < -0.39 is 28.5 Å². The number of anilines is 1. The first-order valence-corrected chi connectivity index (χ1v) is 14.4. The maximum absolute atomic E-state index is 13.8. The first-order valence-electron chi connectivity index (χ1n) is 12.2. The number of ether oxygens (including phenoxy) is 2. The second-order valence-corrected chi connectivity index (χ2v) is 11.6. The molecule has 0 saturated heterocycles. The zero-order valence-corrected chi connectivity index (χ0v) is 23.1. The summed E-state index contributed by atoms with van der Waals surface area (Å²) in [5.74, 6) is 0.291. The number of fused-ring (bicyclic) bond motifs is 1. The molecule has 0 aromatic heterocycles. The first kappa shape index (κ1) is 28.6. The van der Waals surface area contributed by atoms with E-state index in [1.165, 1.54) is 11.0 Å². The predicted octanol–water partition coefficient (Wildman–Crippen LogP) is 3.46. The van der Waals surface area contributed by atoms with Crippen LogP contribution in [-0.2, 0) is 26.2 Å². The summed E-state index contributed by atoms with van der Waals surface area (Å²) in [6.07, 6.45) is 1.37. The highest BCUT2D eigenvalue weighted by molar-refractivity contribution is 7.92. The van der Waals surface area contributed by atoms with Gasteiger partial charge in [-0.3, -0.25) is 13.9 Å². The number of hydrogen-bond acceptors (Lipinski definition) is 6. The van der Waals surface area contributed by atoms with Crippen LogP contribution in [0.1, 0.15) is 32.8 Å². The van der Waals surface area contributed by atoms with Crippen molar-refractivity contribution < 1.29 is 27.5 Å². The summed E-state index contributed by atoms with van der Waals surface area (Å²) < 4.78 is 37.7. The highest BCUT2D eigenvalue weighted by atomic mass is 35.5. The smallest absolute Gasteiger partial charge is 0.244 e. The molecule has 202 valence electrons. The van der Waals surface area contributed by atoms with Gasteiger partial charge in [0.05, 0.1) is 11.9 Å². The van der Waals surface area contributed by atoms with Crippen molar-refractivity contribution in [1.82, 2.24) is 10.2 Å². The lowest BCUT2D eigenvalue weighted by Crippen LogP contribution is -2.52. The lowest BCUT2D eigenvalue weighted by Gasteiger charge is -2.33. The van der Waals surface area contributed by atoms with E-state index in [0.29, 0.717) is 48.3 Å². The van der Waals surface area contributed by atoms with E-state index in [9.17, 15) is 18.0 Å². The monoisotopic (exact) mass is 551 g/mol. The van der Waals surface area contributed by atoms with Crippen molar-refractivity contribution >= 4 is 39.1 Å². The molecule has 2 aromatic carbocycles. The molecule has 1 heterocycles. The average Bonchev–Trinajstić information content (AvgIpc) is 2.85. The van der Waals surface area contributed by atoms with E-state index in [4.69, 9.17) is 21.1 Å². The van der Waals surface area contributed by atoms with Crippen molar-refractivity contribution in [3.05, 3.63) is 53.1 Å². The molecule has 2 amide bonds. The topological polar surface area (TPSA) is 105 Å². The van der Waals surface area contributed by atoms with Crippen molar-refractivity contribution in [3.8, 4) is 11.5 Å². The molecule has 11 heteroatoms. The van der Waals surface area contributed by atoms with Crippen LogP contribution in [0.15, 0.2) is 42.5 Å². The van der Waals surface area contributed by atoms with Crippen LogP contribution in [0, 0.1) is 5.92 Å². The molecular weight excluding hydrogens is 518 g/mol. The van der Waals surface area contributed by atoms with Gasteiger partial charge in [-0.25, -0.2) is 8.42 Å². The van der Waals surface area contributed by atoms with Gasteiger partial charge in [0.1, 0.15) is 25.8 Å². The molecule has 0 unspecified atom stereocenters. The molecule has 1 aliphatic rings. The maximum Gasteiger partial charge on any atom is 0.244 e. The third kappa shape index (κ3) is 7.52. The van der Waals surface area contributed by atoms with Gasteiger partial charge < -0.3 is 19.7 Å². The minimum absolute atomic E-state index is 0.0465. The number of rotatable bonds is 11. The van der Waals surface area contributed by atoms with E-state index in [-0.39, 0.29) is 24.1 Å². The van der Waals surface area contributed by atoms with E-state index in [2.05, 4.69) is 5.32 Å². The number of nitrogens with one attached hydrogen (secondary N) is 1. The van der Waals surface area contributed by atoms with Crippen LogP contribution in [-0.4, -0.2) is 63.7 Å². The highest BCUT2D eigenvalue weighted by Crippen LogP contribution is 2.34. The molecule has 0 radical (unpaired) electrons. The Morgan fingerprint density at radius 3 is 2.38 bits per heavy atom. The van der Waals surface area contributed by atoms with Crippen LogP contribution < -0.4 is 19.1 Å². The summed E-state index contributed by atoms with van der Waals surface area (Å²) in [5, 5.41) is 3.34. The standard InChI is InChI=1S/C26H34ClN3O6S/c1-5-22(26(32)28-15-18(2)3)29(16-19-8-6-7-9-21(19)27)25(31)17-30(37(4,33)34)20-10-11-23-24(14-20)36-13-12-35-23/h6-11,14,18,22H,5,12-13,15-17H2,1-4H3,(H,28,32)/t22-/m0/s1. The van der Waals surface area contributed by atoms with Crippen LogP contribution in [0.25, 0.3) is 0 Å². The average molecular weight is 552 g/mol. The van der Waals surface area contributed by atoms with Gasteiger partial charge in [-0.1, -0.05) is 50.6 Å². The minimum atomic E-state index is -3.87. The summed E-state index contributed by atoms with van der Waals surface area (Å²) in [5.41, 5.74) is 0.910. The molecule has 1 atom stereocenters. The number of nitrogens with zero attached hydrogens (tertiary/aromatic N) is 2. The summed E-state index contributed by atoms with van der Waals surface area (Å²) in [6, 6.07) is 10.9. The van der Waals surface area contributed by atoms with Gasteiger partial charge in [0.15, 0.2) is 11.5 Å². The second kappa shape index (κ2) is 12.5. The zero-order valence-electron chi connectivity index (χ0n) is 21.6. The second-order valence-electron chi connectivity index (χ2n) is 9.27. The quantitative estimate of drug-likeness (QED) is 0.458. The van der Waals surface area contributed by atoms with Gasteiger partial charge >= 0.3 is 0 Å². The fraction of sp³-hybridized carbons (Fsp3) is 0.462. The van der Waals surface area contributed by atoms with Crippen LogP contribution >= 0.6 is 11.6 Å². The van der Waals surface area contributed by atoms with Crippen molar-refractivity contribution in [2.45, 2.75) is 39.8 Å². The Morgan fingerprint density at radius 2 is 1.76 bits per heavy atom. The Bertz CT molecular complexity index is 1220. The van der Waals surface area contributed by atoms with E-state index >= 15 is 0 Å². The van der Waals surface area contributed by atoms with Gasteiger partial charge in [-0.05, 0) is 36.1 Å². The SMILES string of the molecule is CC[C@@H](C(=O)NCC(C)C)N(Cc1ccccc1Cl)C(=O)CN(c1ccc2c(c1)OCCO2)S(C)(=O)=O. The fourth-order valence-electron chi connectivity index (χ4n) is 3.95. The molecule has 9 nitrogen and oxygen atoms in total. The minimum Gasteiger partial charge on any atom is -0.486 e. The summed E-state index contributed by atoms with van der Waals surface area (Å²) in [7, 11) is -3.87. The Morgan fingerprint density at radius 1 is 1.08 bits per heavy atom. The summed E-state index contributed by atoms with van der Waals surface area (Å²) >= 11 is 6.37. The van der Waals surface area contributed by atoms with Crippen LogP contribution in [0.4, 0.5) is 5.69 Å². The van der Waals surface area contributed by atoms with E-state index in [0.717, 1.165) is 10.6 Å². The molecule has 0 saturated carbocycles. The molecule has 1 N–H and O–H groups in total. The molecule has 2 aromatic rings. The number of carbonyl (C=O) groups is 2. The van der Waals surface area contributed by atoms with E-state index in [1.54, 1.807) is 36.4 Å². The number of carbonyl (C=O) groups excluding carboxylic acids is 2. The number of amides is 2. The molecule has 0 aliphatic carbocycles. The molecule has 1 aliphatic heterocycles. The highest BCUT2D eigenvalue weighted by Gasteiger charge is 2.32. The molecule has 0 fully saturated rings. The van der Waals surface area contributed by atoms with Crippen LogP contribution in [0.5, 0.6) is 11.5 Å². The van der Waals surface area contributed by atoms with Crippen molar-refractivity contribution in [2.75, 3.05) is 36.9 Å². The fourth-order valence-corrected chi connectivity index (χ4v) is 4.99. The van der Waals surface area contributed by atoms with Gasteiger partial charge in [0, 0.05) is 24.2 Å². The number of benzene rings is 2. The largest absolute Gasteiger partial charge is 0.486 e. The van der Waals surface area contributed by atoms with Gasteiger partial charge in [-0.2, -0.15) is 0 Å². The van der Waals surface area contributed by atoms with Crippen molar-refractivity contribution in [2.24, 2.45) is 5.92 Å². The molecule has 0 bridgehead atoms. The lowest BCUT2D eigenvalue weighted by atomic mass is 10.1. The van der Waals surface area contributed by atoms with Gasteiger partial charge in [0.25, 0.3) is 0 Å².